The summed E-state index contributed by atoms with van der Waals surface area (Å²) in [4.78, 5) is 27.8. The normalized spacial score (nSPS) is 19.4. The molecule has 0 spiro atoms. The fourth-order valence-electron chi connectivity index (χ4n) is 5.05. The van der Waals surface area contributed by atoms with Gasteiger partial charge in [0.15, 0.2) is 0 Å². The molecule has 10 nitrogen and oxygen atoms in total. The smallest absolute Gasteiger partial charge is 0.393 e. The minimum absolute atomic E-state index is 0.109. The van der Waals surface area contributed by atoms with Crippen LogP contribution in [0.25, 0.3) is 10.8 Å². The van der Waals surface area contributed by atoms with Gasteiger partial charge in [-0.3, -0.25) is 24.1 Å². The molecule has 0 radical (unpaired) electrons. The molecule has 3 aromatic carbocycles. The molecule has 0 saturated carbocycles. The standard InChI is InChI=1S/C28H26Cl2N5O5P/c29-21-6-3-7-22(30)25(21)27(36)33-23-14-31-34-26(23)28(37)32-20-8-10-35(11-9-20)16-41(38)39-15-19-12-17-4-1-2-5-18(17)13-24(19)40-41/h1-7,12-14,20H,8-11,15-16H2,(H,31,34)(H,32,37)(H,33,36). The number of H-pyrrole nitrogens is 1. The molecule has 6 rings (SSSR count). The summed E-state index contributed by atoms with van der Waals surface area (Å²) in [6.45, 7) is 1.43. The van der Waals surface area contributed by atoms with E-state index in [1.54, 1.807) is 18.2 Å². The lowest BCUT2D eigenvalue weighted by atomic mass is 10.1. The van der Waals surface area contributed by atoms with E-state index in [1.807, 2.05) is 41.3 Å². The molecule has 1 saturated heterocycles. The molecule has 0 bridgehead atoms. The highest BCUT2D eigenvalue weighted by atomic mass is 35.5. The number of amides is 2. The van der Waals surface area contributed by atoms with E-state index in [1.165, 1.54) is 6.20 Å². The van der Waals surface area contributed by atoms with Gasteiger partial charge in [-0.25, -0.2) is 4.57 Å². The number of nitrogens with one attached hydrogen (secondary N) is 3. The molecule has 2 aliphatic heterocycles. The number of aromatic nitrogens is 2. The predicted molar refractivity (Wildman–Crippen MR) is 157 cm³/mol. The van der Waals surface area contributed by atoms with Crippen LogP contribution >= 0.6 is 30.8 Å². The number of nitrogens with zero attached hydrogens (tertiary/aromatic N) is 2. The molecule has 0 aliphatic carbocycles. The van der Waals surface area contributed by atoms with E-state index in [9.17, 15) is 14.2 Å². The van der Waals surface area contributed by atoms with Gasteiger partial charge in [0.05, 0.1) is 34.1 Å². The van der Waals surface area contributed by atoms with E-state index in [4.69, 9.17) is 32.2 Å². The zero-order chi connectivity index (χ0) is 28.6. The first-order valence-electron chi connectivity index (χ1n) is 13.0. The SMILES string of the molecule is O=C(NC1CCN(CP2(=O)OCc3cc4ccccc4cc3O2)CC1)c1[nH]ncc1NC(=O)c1c(Cl)cccc1Cl. The van der Waals surface area contributed by atoms with Crippen molar-refractivity contribution in [1.82, 2.24) is 20.4 Å². The number of hydrogen-bond acceptors (Lipinski definition) is 7. The zero-order valence-electron chi connectivity index (χ0n) is 21.7. The van der Waals surface area contributed by atoms with Gasteiger partial charge in [-0.1, -0.05) is 53.5 Å². The third kappa shape index (κ3) is 5.98. The van der Waals surface area contributed by atoms with Crippen LogP contribution in [0.5, 0.6) is 5.75 Å². The number of carbonyl (C=O) groups is 2. The first-order chi connectivity index (χ1) is 19.8. The Labute approximate surface area is 245 Å². The van der Waals surface area contributed by atoms with Gasteiger partial charge in [-0.15, -0.1) is 0 Å². The summed E-state index contributed by atoms with van der Waals surface area (Å²) in [5.41, 5.74) is 1.31. The quantitative estimate of drug-likeness (QED) is 0.225. The van der Waals surface area contributed by atoms with E-state index < -0.39 is 19.4 Å². The highest BCUT2D eigenvalue weighted by molar-refractivity contribution is 7.54. The number of fused-ring (bicyclic) bond motifs is 2. The van der Waals surface area contributed by atoms with Gasteiger partial charge in [-0.05, 0) is 47.9 Å². The minimum Gasteiger partial charge on any atom is -0.423 e. The van der Waals surface area contributed by atoms with E-state index in [0.717, 1.165) is 16.3 Å². The van der Waals surface area contributed by atoms with Gasteiger partial charge < -0.3 is 15.2 Å². The maximum Gasteiger partial charge on any atom is 0.393 e. The highest BCUT2D eigenvalue weighted by Crippen LogP contribution is 2.54. The van der Waals surface area contributed by atoms with Crippen molar-refractivity contribution in [1.29, 1.82) is 0 Å². The van der Waals surface area contributed by atoms with E-state index in [-0.39, 0.29) is 45.9 Å². The summed E-state index contributed by atoms with van der Waals surface area (Å²) < 4.78 is 25.1. The largest absolute Gasteiger partial charge is 0.423 e. The van der Waals surface area contributed by atoms with Crippen molar-refractivity contribution in [2.45, 2.75) is 25.5 Å². The van der Waals surface area contributed by atoms with Gasteiger partial charge in [0.1, 0.15) is 17.7 Å². The summed E-state index contributed by atoms with van der Waals surface area (Å²) in [6.07, 6.45) is 2.79. The summed E-state index contributed by atoms with van der Waals surface area (Å²) in [5, 5.41) is 14.7. The van der Waals surface area contributed by atoms with Gasteiger partial charge >= 0.3 is 7.60 Å². The molecular formula is C28H26Cl2N5O5P. The fourth-order valence-corrected chi connectivity index (χ4v) is 7.39. The molecule has 2 amide bonds. The first-order valence-corrected chi connectivity index (χ1v) is 15.5. The Kier molecular flexibility index (Phi) is 7.76. The molecule has 1 unspecified atom stereocenters. The van der Waals surface area contributed by atoms with Crippen LogP contribution in [0.2, 0.25) is 10.0 Å². The number of aromatic amines is 1. The number of rotatable bonds is 6. The van der Waals surface area contributed by atoms with Crippen LogP contribution in [-0.4, -0.2) is 52.3 Å². The molecule has 3 N–H and O–H groups in total. The van der Waals surface area contributed by atoms with E-state index in [2.05, 4.69) is 20.8 Å². The number of halogens is 2. The Morgan fingerprint density at radius 2 is 1.73 bits per heavy atom. The third-order valence-electron chi connectivity index (χ3n) is 7.18. The van der Waals surface area contributed by atoms with Gasteiger partial charge in [0.25, 0.3) is 11.8 Å². The first kappa shape index (κ1) is 27.8. The second kappa shape index (κ2) is 11.5. The molecule has 1 fully saturated rings. The third-order valence-corrected chi connectivity index (χ3v) is 9.56. The predicted octanol–water partition coefficient (Wildman–Crippen LogP) is 6.08. The van der Waals surface area contributed by atoms with Crippen LogP contribution in [0.3, 0.4) is 0 Å². The van der Waals surface area contributed by atoms with Crippen molar-refractivity contribution in [3.05, 3.63) is 87.7 Å². The van der Waals surface area contributed by atoms with Crippen LogP contribution in [0.15, 0.2) is 60.8 Å². The Morgan fingerprint density at radius 3 is 2.46 bits per heavy atom. The Balaban J connectivity index is 1.03. The number of piperidine rings is 1. The zero-order valence-corrected chi connectivity index (χ0v) is 24.1. The average Bonchev–Trinajstić information content (AvgIpc) is 3.41. The minimum atomic E-state index is -3.37. The molecule has 4 aromatic rings. The van der Waals surface area contributed by atoms with Crippen molar-refractivity contribution in [3.8, 4) is 5.75 Å². The maximum atomic E-state index is 13.5. The van der Waals surface area contributed by atoms with Gasteiger partial charge in [0.2, 0.25) is 0 Å². The lowest BCUT2D eigenvalue weighted by Crippen LogP contribution is -2.45. The summed E-state index contributed by atoms with van der Waals surface area (Å²) in [7, 11) is -3.37. The Bertz CT molecular complexity index is 1670. The Morgan fingerprint density at radius 1 is 1.02 bits per heavy atom. The lowest BCUT2D eigenvalue weighted by molar-refractivity contribution is 0.0908. The maximum absolute atomic E-state index is 13.5. The van der Waals surface area contributed by atoms with Crippen LogP contribution in [0.1, 0.15) is 39.3 Å². The van der Waals surface area contributed by atoms with E-state index in [0.29, 0.717) is 31.7 Å². The monoisotopic (exact) mass is 613 g/mol. The number of benzene rings is 3. The molecule has 2 aliphatic rings. The van der Waals surface area contributed by atoms with Crippen LogP contribution in [0.4, 0.5) is 5.69 Å². The molecular weight excluding hydrogens is 588 g/mol. The topological polar surface area (TPSA) is 126 Å². The Hall–Kier alpha value is -3.40. The highest BCUT2D eigenvalue weighted by Gasteiger charge is 2.36. The molecule has 1 atom stereocenters. The number of likely N-dealkylation sites (tertiary alicyclic amines) is 1. The molecule has 3 heterocycles. The van der Waals surface area contributed by atoms with Gasteiger partial charge in [0, 0.05) is 24.7 Å². The van der Waals surface area contributed by atoms with Crippen molar-refractivity contribution in [2.75, 3.05) is 24.7 Å². The molecule has 13 heteroatoms. The number of carbonyl (C=O) groups excluding carboxylic acids is 2. The van der Waals surface area contributed by atoms with Crippen molar-refractivity contribution in [2.24, 2.45) is 0 Å². The number of hydrogen-bond donors (Lipinski definition) is 3. The van der Waals surface area contributed by atoms with Crippen molar-refractivity contribution >= 4 is 59.1 Å². The average molecular weight is 614 g/mol. The van der Waals surface area contributed by atoms with Crippen LogP contribution in [-0.2, 0) is 15.7 Å². The number of anilines is 1. The van der Waals surface area contributed by atoms with Crippen molar-refractivity contribution < 1.29 is 23.2 Å². The van der Waals surface area contributed by atoms with E-state index >= 15 is 0 Å². The van der Waals surface area contributed by atoms with Crippen LogP contribution < -0.4 is 15.2 Å². The summed E-state index contributed by atoms with van der Waals surface area (Å²) in [5.74, 6) is -0.362. The summed E-state index contributed by atoms with van der Waals surface area (Å²) in [6, 6.07) is 16.5. The molecule has 212 valence electrons. The lowest BCUT2D eigenvalue weighted by Gasteiger charge is -2.35. The van der Waals surface area contributed by atoms with Gasteiger partial charge in [-0.2, -0.15) is 5.10 Å². The fraction of sp³-hybridized carbons (Fsp3) is 0.250. The van der Waals surface area contributed by atoms with Crippen molar-refractivity contribution in [3.63, 3.8) is 0 Å². The molecule has 1 aromatic heterocycles. The second-order valence-electron chi connectivity index (χ2n) is 10.00. The molecule has 41 heavy (non-hydrogen) atoms. The second-order valence-corrected chi connectivity index (χ2v) is 12.8. The summed E-state index contributed by atoms with van der Waals surface area (Å²) >= 11 is 12.3. The van der Waals surface area contributed by atoms with Crippen LogP contribution in [0, 0.1) is 0 Å².